The second-order valence-corrected chi connectivity index (χ2v) is 6.32. The van der Waals surface area contributed by atoms with Crippen molar-refractivity contribution in [3.05, 3.63) is 53.9 Å². The first-order valence-corrected chi connectivity index (χ1v) is 8.88. The van der Waals surface area contributed by atoms with Gasteiger partial charge in [0.1, 0.15) is 5.75 Å². The van der Waals surface area contributed by atoms with E-state index in [0.717, 1.165) is 38.8 Å². The Hall–Kier alpha value is -2.89. The Balaban J connectivity index is 1.75. The molecule has 1 fully saturated rings. The topological polar surface area (TPSA) is 71.5 Å². The zero-order valence-corrected chi connectivity index (χ0v) is 14.9. The van der Waals surface area contributed by atoms with Crippen LogP contribution in [0.3, 0.4) is 0 Å². The Morgan fingerprint density at radius 1 is 1.04 bits per heavy atom. The highest BCUT2D eigenvalue weighted by Crippen LogP contribution is 2.23. The van der Waals surface area contributed by atoms with Crippen LogP contribution in [0.25, 0.3) is 0 Å². The maximum Gasteiger partial charge on any atom is 0.257 e. The number of nitrogens with zero attached hydrogens (tertiary/aromatic N) is 2. The molecule has 1 aliphatic heterocycles. The first kappa shape index (κ1) is 17.9. The number of para-hydroxylation sites is 2. The first-order valence-electron chi connectivity index (χ1n) is 8.88. The number of rotatable bonds is 4. The van der Waals surface area contributed by atoms with Gasteiger partial charge in [0.15, 0.2) is 0 Å². The summed E-state index contributed by atoms with van der Waals surface area (Å²) in [7, 11) is 1.55. The molecule has 2 aromatic rings. The number of hydrogen-bond donors (Lipinski definition) is 1. The van der Waals surface area contributed by atoms with E-state index in [1.54, 1.807) is 25.3 Å². The lowest BCUT2D eigenvalue weighted by Crippen LogP contribution is -2.32. The first-order chi connectivity index (χ1) is 12.7. The number of likely N-dealkylation sites (tertiary alicyclic amines) is 1. The van der Waals surface area contributed by atoms with Crippen molar-refractivity contribution in [1.29, 1.82) is 0 Å². The number of anilines is 1. The average Bonchev–Trinajstić information content (AvgIpc) is 2.97. The van der Waals surface area contributed by atoms with Gasteiger partial charge >= 0.3 is 0 Å². The number of methoxy groups -OCH3 is 1. The lowest BCUT2D eigenvalue weighted by atomic mass is 10.1. The molecule has 0 unspecified atom stereocenters. The van der Waals surface area contributed by atoms with Crippen molar-refractivity contribution >= 4 is 17.5 Å². The average molecular weight is 353 g/mol. The fourth-order valence-electron chi connectivity index (χ4n) is 3.08. The minimum absolute atomic E-state index is 0.0636. The third-order valence-electron chi connectivity index (χ3n) is 4.50. The second kappa shape index (κ2) is 8.47. The Labute approximate surface area is 153 Å². The molecule has 1 aliphatic rings. The van der Waals surface area contributed by atoms with Gasteiger partial charge in [0.2, 0.25) is 0 Å². The van der Waals surface area contributed by atoms with E-state index in [1.165, 1.54) is 12.4 Å². The van der Waals surface area contributed by atoms with Gasteiger partial charge in [0.05, 0.1) is 23.9 Å². The van der Waals surface area contributed by atoms with E-state index in [2.05, 4.69) is 10.3 Å². The zero-order chi connectivity index (χ0) is 18.4. The van der Waals surface area contributed by atoms with Crippen LogP contribution in [0.15, 0.2) is 42.7 Å². The van der Waals surface area contributed by atoms with Crippen LogP contribution >= 0.6 is 0 Å². The van der Waals surface area contributed by atoms with E-state index in [4.69, 9.17) is 4.74 Å². The minimum atomic E-state index is -0.326. The van der Waals surface area contributed by atoms with Gasteiger partial charge in [-0.3, -0.25) is 14.6 Å². The van der Waals surface area contributed by atoms with E-state index >= 15 is 0 Å². The number of carbonyl (C=O) groups excluding carboxylic acids is 2. The quantitative estimate of drug-likeness (QED) is 0.915. The number of aromatic nitrogens is 1. The largest absolute Gasteiger partial charge is 0.495 e. The van der Waals surface area contributed by atoms with E-state index in [-0.39, 0.29) is 11.8 Å². The second-order valence-electron chi connectivity index (χ2n) is 6.32. The Kier molecular flexibility index (Phi) is 5.84. The van der Waals surface area contributed by atoms with Crippen molar-refractivity contribution in [3.63, 3.8) is 0 Å². The highest BCUT2D eigenvalue weighted by molar-refractivity contribution is 6.06. The number of amides is 2. The highest BCUT2D eigenvalue weighted by Gasteiger charge is 2.19. The summed E-state index contributed by atoms with van der Waals surface area (Å²) < 4.78 is 5.24. The molecule has 1 N–H and O–H groups in total. The summed E-state index contributed by atoms with van der Waals surface area (Å²) in [6, 6.07) is 8.78. The zero-order valence-electron chi connectivity index (χ0n) is 14.9. The molecular formula is C20H23N3O3. The van der Waals surface area contributed by atoms with Crippen LogP contribution in [0.4, 0.5) is 5.69 Å². The van der Waals surface area contributed by atoms with E-state index in [9.17, 15) is 9.59 Å². The van der Waals surface area contributed by atoms with Crippen molar-refractivity contribution < 1.29 is 14.3 Å². The normalized spacial score (nSPS) is 14.4. The molecule has 0 bridgehead atoms. The van der Waals surface area contributed by atoms with E-state index in [1.807, 2.05) is 17.0 Å². The van der Waals surface area contributed by atoms with Crippen LogP contribution in [0.2, 0.25) is 0 Å². The van der Waals surface area contributed by atoms with Gasteiger partial charge in [0, 0.05) is 25.5 Å². The molecule has 3 rings (SSSR count). The van der Waals surface area contributed by atoms with Gasteiger partial charge in [-0.05, 0) is 31.0 Å². The van der Waals surface area contributed by atoms with Crippen molar-refractivity contribution in [2.75, 3.05) is 25.5 Å². The van der Waals surface area contributed by atoms with Crippen LogP contribution in [0.1, 0.15) is 46.4 Å². The predicted molar refractivity (Wildman–Crippen MR) is 99.6 cm³/mol. The lowest BCUT2D eigenvalue weighted by Gasteiger charge is -2.20. The molecule has 136 valence electrons. The molecular weight excluding hydrogens is 330 g/mol. The number of hydrogen-bond acceptors (Lipinski definition) is 4. The summed E-state index contributed by atoms with van der Waals surface area (Å²) in [5.41, 5.74) is 1.36. The SMILES string of the molecule is COc1ccccc1NC(=O)c1cncc(C(=O)N2CCCCCC2)c1. The van der Waals surface area contributed by atoms with E-state index in [0.29, 0.717) is 22.6 Å². The van der Waals surface area contributed by atoms with Crippen molar-refractivity contribution in [2.24, 2.45) is 0 Å². The molecule has 2 amide bonds. The van der Waals surface area contributed by atoms with Gasteiger partial charge < -0.3 is 15.0 Å². The van der Waals surface area contributed by atoms with Gasteiger partial charge in [-0.15, -0.1) is 0 Å². The van der Waals surface area contributed by atoms with Gasteiger partial charge in [0.25, 0.3) is 11.8 Å². The number of carbonyl (C=O) groups is 2. The smallest absolute Gasteiger partial charge is 0.257 e. The summed E-state index contributed by atoms with van der Waals surface area (Å²) >= 11 is 0. The molecule has 1 saturated heterocycles. The summed E-state index contributed by atoms with van der Waals surface area (Å²) in [5.74, 6) is 0.185. The molecule has 1 aromatic carbocycles. The fourth-order valence-corrected chi connectivity index (χ4v) is 3.08. The molecule has 2 heterocycles. The Bertz CT molecular complexity index is 783. The van der Waals surface area contributed by atoms with Crippen LogP contribution in [0, 0.1) is 0 Å². The maximum absolute atomic E-state index is 12.7. The Morgan fingerprint density at radius 2 is 1.73 bits per heavy atom. The number of nitrogens with one attached hydrogen (secondary N) is 1. The minimum Gasteiger partial charge on any atom is -0.495 e. The van der Waals surface area contributed by atoms with Gasteiger partial charge in [-0.2, -0.15) is 0 Å². The molecule has 0 atom stereocenters. The van der Waals surface area contributed by atoms with Gasteiger partial charge in [-0.25, -0.2) is 0 Å². The van der Waals surface area contributed by atoms with Crippen LogP contribution in [0.5, 0.6) is 5.75 Å². The van der Waals surface area contributed by atoms with Crippen LogP contribution in [-0.4, -0.2) is 41.9 Å². The summed E-state index contributed by atoms with van der Waals surface area (Å²) in [4.78, 5) is 31.2. The third-order valence-corrected chi connectivity index (χ3v) is 4.50. The highest BCUT2D eigenvalue weighted by atomic mass is 16.5. The maximum atomic E-state index is 12.7. The van der Waals surface area contributed by atoms with Crippen molar-refractivity contribution in [1.82, 2.24) is 9.88 Å². The standard InChI is InChI=1S/C20H23N3O3/c1-26-18-9-5-4-8-17(18)22-19(24)15-12-16(14-21-13-15)20(25)23-10-6-2-3-7-11-23/h4-5,8-9,12-14H,2-3,6-7,10-11H2,1H3,(H,22,24). The molecule has 6 nitrogen and oxygen atoms in total. The van der Waals surface area contributed by atoms with Crippen molar-refractivity contribution in [2.45, 2.75) is 25.7 Å². The number of pyridine rings is 1. The summed E-state index contributed by atoms with van der Waals surface area (Å²) in [6.45, 7) is 1.52. The lowest BCUT2D eigenvalue weighted by molar-refractivity contribution is 0.0761. The third kappa shape index (κ3) is 4.20. The molecule has 1 aromatic heterocycles. The monoisotopic (exact) mass is 353 g/mol. The molecule has 0 saturated carbocycles. The molecule has 0 radical (unpaired) electrons. The van der Waals surface area contributed by atoms with E-state index < -0.39 is 0 Å². The van der Waals surface area contributed by atoms with Gasteiger partial charge in [-0.1, -0.05) is 25.0 Å². The fraction of sp³-hybridized carbons (Fsp3) is 0.350. The Morgan fingerprint density at radius 3 is 2.46 bits per heavy atom. The molecule has 26 heavy (non-hydrogen) atoms. The molecule has 0 aliphatic carbocycles. The number of benzene rings is 1. The predicted octanol–water partition coefficient (Wildman–Crippen LogP) is 3.36. The van der Waals surface area contributed by atoms with Crippen LogP contribution < -0.4 is 10.1 Å². The number of ether oxygens (including phenoxy) is 1. The van der Waals surface area contributed by atoms with Crippen LogP contribution in [-0.2, 0) is 0 Å². The molecule has 6 heteroatoms. The summed E-state index contributed by atoms with van der Waals surface area (Å²) in [6.07, 6.45) is 7.34. The van der Waals surface area contributed by atoms with Crippen molar-refractivity contribution in [3.8, 4) is 5.75 Å². The summed E-state index contributed by atoms with van der Waals surface area (Å²) in [5, 5.41) is 2.80. The molecule has 0 spiro atoms.